The van der Waals surface area contributed by atoms with Crippen molar-refractivity contribution in [2.24, 2.45) is 0 Å². The maximum absolute atomic E-state index is 13.8. The van der Waals surface area contributed by atoms with Crippen molar-refractivity contribution in [2.75, 3.05) is 41.7 Å². The fraction of sp³-hybridized carbons (Fsp3) is 0.167. The number of pyridine rings is 2. The Labute approximate surface area is 205 Å². The number of rotatable bonds is 6. The lowest BCUT2D eigenvalue weighted by molar-refractivity contribution is 0.0746. The molecular formula is C24H21FN8O3. The molecule has 0 unspecified atom stereocenters. The minimum absolute atomic E-state index is 0.0398. The van der Waals surface area contributed by atoms with E-state index in [1.807, 2.05) is 0 Å². The molecule has 2 N–H and O–H groups in total. The van der Waals surface area contributed by atoms with E-state index in [9.17, 15) is 14.0 Å². The maximum atomic E-state index is 13.8. The average molecular weight is 488 g/mol. The van der Waals surface area contributed by atoms with E-state index in [0.29, 0.717) is 37.4 Å². The largest absolute Gasteiger partial charge is 0.399 e. The number of amides is 2. The van der Waals surface area contributed by atoms with Gasteiger partial charge < -0.3 is 24.9 Å². The molecule has 0 atom stereocenters. The summed E-state index contributed by atoms with van der Waals surface area (Å²) in [6.07, 6.45) is 4.73. The van der Waals surface area contributed by atoms with Crippen LogP contribution in [0.1, 0.15) is 21.0 Å². The van der Waals surface area contributed by atoms with Crippen LogP contribution < -0.4 is 15.5 Å². The van der Waals surface area contributed by atoms with E-state index >= 15 is 0 Å². The first-order valence-corrected chi connectivity index (χ1v) is 11.1. The first-order chi connectivity index (χ1) is 17.6. The summed E-state index contributed by atoms with van der Waals surface area (Å²) in [5.41, 5.74) is 1.16. The van der Waals surface area contributed by atoms with E-state index in [4.69, 9.17) is 4.42 Å². The Bertz CT molecular complexity index is 1360. The van der Waals surface area contributed by atoms with Gasteiger partial charge in [0.25, 0.3) is 5.91 Å². The average Bonchev–Trinajstić information content (AvgIpc) is 3.39. The molecule has 4 aromatic rings. The van der Waals surface area contributed by atoms with E-state index in [0.717, 1.165) is 5.82 Å². The first kappa shape index (κ1) is 22.9. The molecule has 0 radical (unpaired) electrons. The summed E-state index contributed by atoms with van der Waals surface area (Å²) < 4.78 is 19.0. The Morgan fingerprint density at radius 1 is 0.944 bits per heavy atom. The lowest BCUT2D eigenvalue weighted by atomic mass is 10.2. The van der Waals surface area contributed by atoms with Gasteiger partial charge in [0.15, 0.2) is 0 Å². The van der Waals surface area contributed by atoms with E-state index in [1.165, 1.54) is 18.3 Å². The van der Waals surface area contributed by atoms with Crippen LogP contribution in [0.25, 0.3) is 0 Å². The Hall–Kier alpha value is -4.87. The third-order valence-electron chi connectivity index (χ3n) is 5.54. The number of hydrogen-bond donors (Lipinski definition) is 2. The van der Waals surface area contributed by atoms with Crippen LogP contribution >= 0.6 is 0 Å². The zero-order chi connectivity index (χ0) is 24.9. The number of carbonyl (C=O) groups excluding carboxylic acids is 2. The van der Waals surface area contributed by atoms with Crippen LogP contribution in [0.5, 0.6) is 0 Å². The van der Waals surface area contributed by atoms with Gasteiger partial charge in [-0.1, -0.05) is 17.2 Å². The van der Waals surface area contributed by atoms with Crippen LogP contribution in [0.15, 0.2) is 71.5 Å². The molecule has 0 saturated carbocycles. The number of benzene rings is 1. The Balaban J connectivity index is 1.15. The van der Waals surface area contributed by atoms with Crippen molar-refractivity contribution in [3.05, 3.63) is 84.4 Å². The fourth-order valence-corrected chi connectivity index (χ4v) is 3.69. The monoisotopic (exact) mass is 488 g/mol. The highest BCUT2D eigenvalue weighted by Gasteiger charge is 2.23. The molecule has 3 aromatic heterocycles. The molecule has 1 aromatic carbocycles. The zero-order valence-electron chi connectivity index (χ0n) is 19.0. The number of nitrogens with zero attached hydrogens (tertiary/aromatic N) is 6. The Morgan fingerprint density at radius 2 is 1.78 bits per heavy atom. The van der Waals surface area contributed by atoms with E-state index in [2.05, 4.69) is 35.7 Å². The normalized spacial score (nSPS) is 13.4. The minimum atomic E-state index is -0.624. The molecule has 0 spiro atoms. The third-order valence-corrected chi connectivity index (χ3v) is 5.54. The number of piperazine rings is 1. The molecule has 0 bridgehead atoms. The number of para-hydroxylation sites is 1. The van der Waals surface area contributed by atoms with E-state index in [1.54, 1.807) is 53.7 Å². The second-order valence-corrected chi connectivity index (χ2v) is 7.90. The molecule has 2 amide bonds. The van der Waals surface area contributed by atoms with Crippen LogP contribution in [-0.2, 0) is 0 Å². The molecule has 11 nitrogen and oxygen atoms in total. The third kappa shape index (κ3) is 5.12. The molecule has 182 valence electrons. The number of carbonyl (C=O) groups is 2. The van der Waals surface area contributed by atoms with Crippen molar-refractivity contribution in [1.29, 1.82) is 0 Å². The molecule has 4 heterocycles. The van der Waals surface area contributed by atoms with Crippen molar-refractivity contribution in [2.45, 2.75) is 0 Å². The first-order valence-electron chi connectivity index (χ1n) is 11.1. The zero-order valence-corrected chi connectivity index (χ0v) is 19.0. The molecule has 1 aliphatic rings. The molecule has 1 fully saturated rings. The topological polar surface area (TPSA) is 129 Å². The summed E-state index contributed by atoms with van der Waals surface area (Å²) in [7, 11) is 0. The predicted molar refractivity (Wildman–Crippen MR) is 129 cm³/mol. The second kappa shape index (κ2) is 10.2. The quantitative estimate of drug-likeness (QED) is 0.421. The Kier molecular flexibility index (Phi) is 6.47. The number of anilines is 4. The summed E-state index contributed by atoms with van der Waals surface area (Å²) in [4.78, 5) is 37.3. The molecule has 5 rings (SSSR count). The van der Waals surface area contributed by atoms with Gasteiger partial charge in [0, 0.05) is 38.6 Å². The molecule has 0 aliphatic carbocycles. The highest BCUT2D eigenvalue weighted by atomic mass is 19.1. The molecule has 1 saturated heterocycles. The number of halogens is 1. The lowest BCUT2D eigenvalue weighted by Crippen LogP contribution is -2.49. The highest BCUT2D eigenvalue weighted by Crippen LogP contribution is 2.20. The highest BCUT2D eigenvalue weighted by molar-refractivity contribution is 6.00. The van der Waals surface area contributed by atoms with Crippen molar-refractivity contribution in [3.63, 3.8) is 0 Å². The number of aromatic nitrogens is 4. The van der Waals surface area contributed by atoms with Crippen molar-refractivity contribution >= 4 is 35.0 Å². The van der Waals surface area contributed by atoms with Crippen LogP contribution in [0, 0.1) is 5.82 Å². The second-order valence-electron chi connectivity index (χ2n) is 7.90. The molecular weight excluding hydrogens is 467 g/mol. The molecule has 12 heteroatoms. The maximum Gasteiger partial charge on any atom is 0.320 e. The summed E-state index contributed by atoms with van der Waals surface area (Å²) in [6.45, 7) is 2.39. The smallest absolute Gasteiger partial charge is 0.320 e. The minimum Gasteiger partial charge on any atom is -0.399 e. The molecule has 1 aliphatic heterocycles. The van der Waals surface area contributed by atoms with Crippen LogP contribution in [-0.4, -0.2) is 63.1 Å². The van der Waals surface area contributed by atoms with Crippen molar-refractivity contribution in [1.82, 2.24) is 25.1 Å². The summed E-state index contributed by atoms with van der Waals surface area (Å²) in [5, 5.41) is 12.7. The van der Waals surface area contributed by atoms with Crippen LogP contribution in [0.3, 0.4) is 0 Å². The van der Waals surface area contributed by atoms with Gasteiger partial charge in [-0.3, -0.25) is 14.6 Å². The Morgan fingerprint density at radius 3 is 2.50 bits per heavy atom. The molecule has 36 heavy (non-hydrogen) atoms. The summed E-state index contributed by atoms with van der Waals surface area (Å²) >= 11 is 0. The fourth-order valence-electron chi connectivity index (χ4n) is 3.69. The van der Waals surface area contributed by atoms with Crippen LogP contribution in [0.4, 0.5) is 27.6 Å². The van der Waals surface area contributed by atoms with Crippen LogP contribution in [0.2, 0.25) is 0 Å². The van der Waals surface area contributed by atoms with Gasteiger partial charge in [-0.2, -0.15) is 0 Å². The summed E-state index contributed by atoms with van der Waals surface area (Å²) in [5.74, 6) is -0.708. The van der Waals surface area contributed by atoms with Gasteiger partial charge in [-0.05, 0) is 36.4 Å². The standard InChI is InChI=1S/C24H21FN8O3/c25-18-5-1-2-6-19(18)29-24-31-30-22(36-24)21(34)28-17-7-8-20(27-15-17)32-10-12-33(13-11-32)23(35)16-4-3-9-26-14-16/h1-9,14-15H,10-13H2,(H,28,34)(H,29,31). The van der Waals surface area contributed by atoms with Gasteiger partial charge in [0.2, 0.25) is 0 Å². The van der Waals surface area contributed by atoms with Gasteiger partial charge in [0.05, 0.1) is 23.1 Å². The predicted octanol–water partition coefficient (Wildman–Crippen LogP) is 2.96. The summed E-state index contributed by atoms with van der Waals surface area (Å²) in [6, 6.07) is 12.9. The lowest BCUT2D eigenvalue weighted by Gasteiger charge is -2.35. The number of nitrogens with one attached hydrogen (secondary N) is 2. The van der Waals surface area contributed by atoms with E-state index < -0.39 is 11.7 Å². The van der Waals surface area contributed by atoms with Gasteiger partial charge in [-0.25, -0.2) is 9.37 Å². The van der Waals surface area contributed by atoms with E-state index in [-0.39, 0.29) is 23.5 Å². The van der Waals surface area contributed by atoms with Crippen molar-refractivity contribution < 1.29 is 18.4 Å². The van der Waals surface area contributed by atoms with Gasteiger partial charge in [-0.15, -0.1) is 5.10 Å². The van der Waals surface area contributed by atoms with Gasteiger partial charge in [0.1, 0.15) is 11.6 Å². The number of hydrogen-bond acceptors (Lipinski definition) is 9. The van der Waals surface area contributed by atoms with Gasteiger partial charge >= 0.3 is 17.8 Å². The SMILES string of the molecule is O=C(Nc1ccc(N2CCN(C(=O)c3cccnc3)CC2)nc1)c1nnc(Nc2ccccc2F)o1. The van der Waals surface area contributed by atoms with Crippen molar-refractivity contribution in [3.8, 4) is 0 Å².